The van der Waals surface area contributed by atoms with Gasteiger partial charge in [-0.05, 0) is 57.2 Å². The second-order valence-electron chi connectivity index (χ2n) is 8.96. The van der Waals surface area contributed by atoms with Crippen molar-refractivity contribution in [3.05, 3.63) is 59.2 Å². The summed E-state index contributed by atoms with van der Waals surface area (Å²) < 4.78 is 0. The van der Waals surface area contributed by atoms with Crippen LogP contribution >= 0.6 is 0 Å². The molecule has 30 heavy (non-hydrogen) atoms. The van der Waals surface area contributed by atoms with Crippen molar-refractivity contribution >= 4 is 5.91 Å². The zero-order valence-electron chi connectivity index (χ0n) is 18.1. The number of carbonyl (C=O) groups excluding carboxylic acids is 1. The first-order chi connectivity index (χ1) is 14.7. The molecule has 1 aromatic carbocycles. The van der Waals surface area contributed by atoms with Gasteiger partial charge < -0.3 is 10.2 Å². The molecule has 1 saturated carbocycles. The van der Waals surface area contributed by atoms with Crippen LogP contribution in [0.5, 0.6) is 0 Å². The third-order valence-electron chi connectivity index (χ3n) is 6.69. The molecule has 0 unspecified atom stereocenters. The Kier molecular flexibility index (Phi) is 7.11. The summed E-state index contributed by atoms with van der Waals surface area (Å²) in [5.74, 6) is 1.90. The average molecular weight is 407 g/mol. The van der Waals surface area contributed by atoms with Crippen LogP contribution in [-0.4, -0.2) is 40.4 Å². The molecule has 4 rings (SSSR count). The Balaban J connectivity index is 1.37. The molecule has 1 N–H and O–H groups in total. The van der Waals surface area contributed by atoms with Gasteiger partial charge in [0.15, 0.2) is 0 Å². The van der Waals surface area contributed by atoms with Crippen LogP contribution in [0.15, 0.2) is 36.5 Å². The lowest BCUT2D eigenvalue weighted by atomic mass is 9.87. The predicted octanol–water partition coefficient (Wildman–Crippen LogP) is 4.47. The number of benzene rings is 1. The number of aryl methyl sites for hydroxylation is 1. The van der Waals surface area contributed by atoms with E-state index in [9.17, 15) is 4.79 Å². The van der Waals surface area contributed by atoms with E-state index in [1.165, 1.54) is 38.6 Å². The smallest absolute Gasteiger partial charge is 0.254 e. The lowest BCUT2D eigenvalue weighted by Crippen LogP contribution is -2.37. The molecule has 1 saturated heterocycles. The van der Waals surface area contributed by atoms with E-state index in [-0.39, 0.29) is 5.91 Å². The molecule has 0 bridgehead atoms. The molecule has 5 heteroatoms. The van der Waals surface area contributed by atoms with Gasteiger partial charge >= 0.3 is 0 Å². The van der Waals surface area contributed by atoms with Gasteiger partial charge in [0.05, 0.1) is 11.3 Å². The van der Waals surface area contributed by atoms with Crippen molar-refractivity contribution in [2.75, 3.05) is 19.6 Å². The summed E-state index contributed by atoms with van der Waals surface area (Å²) in [5.41, 5.74) is 2.67. The van der Waals surface area contributed by atoms with E-state index in [1.807, 2.05) is 37.3 Å². The fourth-order valence-electron chi connectivity index (χ4n) is 4.97. The van der Waals surface area contributed by atoms with Gasteiger partial charge in [-0.2, -0.15) is 0 Å². The molecule has 1 aliphatic heterocycles. The highest BCUT2D eigenvalue weighted by Gasteiger charge is 2.27. The van der Waals surface area contributed by atoms with E-state index < -0.39 is 0 Å². The molecular weight excluding hydrogens is 372 g/mol. The maximum absolute atomic E-state index is 12.9. The highest BCUT2D eigenvalue weighted by molar-refractivity contribution is 5.95. The molecule has 5 nitrogen and oxygen atoms in total. The Hall–Kier alpha value is -2.27. The number of likely N-dealkylation sites (tertiary alicyclic amines) is 1. The van der Waals surface area contributed by atoms with E-state index in [0.717, 1.165) is 48.9 Å². The number of amides is 1. The minimum absolute atomic E-state index is 0.0708. The third-order valence-corrected chi connectivity index (χ3v) is 6.69. The quantitative estimate of drug-likeness (QED) is 0.769. The van der Waals surface area contributed by atoms with Gasteiger partial charge in [-0.1, -0.05) is 49.6 Å². The van der Waals surface area contributed by atoms with E-state index in [0.29, 0.717) is 18.0 Å². The lowest BCUT2D eigenvalue weighted by molar-refractivity contribution is 0.0947. The fourth-order valence-corrected chi connectivity index (χ4v) is 4.97. The standard InChI is InChI=1S/C25H34N4O/c1-19-26-17-23(25(30)27-16-20-8-4-2-5-9-20)24(28-19)22-12-14-29(15-13-22)18-21-10-6-3-7-11-21/h2,4-5,8-9,17,21-22H,3,6-7,10-16,18H2,1H3,(H,27,30). The van der Waals surface area contributed by atoms with Crippen molar-refractivity contribution in [2.24, 2.45) is 5.92 Å². The largest absolute Gasteiger partial charge is 0.348 e. The Morgan fingerprint density at radius 2 is 1.80 bits per heavy atom. The first-order valence-electron chi connectivity index (χ1n) is 11.6. The Morgan fingerprint density at radius 1 is 1.07 bits per heavy atom. The Bertz CT molecular complexity index is 824. The van der Waals surface area contributed by atoms with Crippen LogP contribution in [0.1, 0.15) is 78.3 Å². The molecule has 1 aliphatic carbocycles. The number of carbonyl (C=O) groups is 1. The van der Waals surface area contributed by atoms with Crippen molar-refractivity contribution in [3.8, 4) is 0 Å². The predicted molar refractivity (Wildman–Crippen MR) is 119 cm³/mol. The van der Waals surface area contributed by atoms with Crippen LogP contribution in [0.25, 0.3) is 0 Å². The van der Waals surface area contributed by atoms with Crippen LogP contribution in [0, 0.1) is 12.8 Å². The minimum Gasteiger partial charge on any atom is -0.348 e. The van der Waals surface area contributed by atoms with Gasteiger partial charge in [-0.3, -0.25) is 4.79 Å². The normalized spacial score (nSPS) is 19.0. The van der Waals surface area contributed by atoms with Crippen LogP contribution in [0.2, 0.25) is 0 Å². The van der Waals surface area contributed by atoms with Crippen molar-refractivity contribution in [3.63, 3.8) is 0 Å². The van der Waals surface area contributed by atoms with E-state index in [4.69, 9.17) is 4.98 Å². The molecule has 1 aromatic heterocycles. The zero-order valence-corrected chi connectivity index (χ0v) is 18.1. The molecule has 0 radical (unpaired) electrons. The molecule has 0 atom stereocenters. The number of nitrogens with zero attached hydrogens (tertiary/aromatic N) is 3. The van der Waals surface area contributed by atoms with Crippen LogP contribution in [-0.2, 0) is 6.54 Å². The van der Waals surface area contributed by atoms with Crippen molar-refractivity contribution in [1.29, 1.82) is 0 Å². The molecule has 0 spiro atoms. The number of aromatic nitrogens is 2. The van der Waals surface area contributed by atoms with Crippen LogP contribution in [0.4, 0.5) is 0 Å². The van der Waals surface area contributed by atoms with E-state index in [1.54, 1.807) is 6.20 Å². The molecule has 2 fully saturated rings. The number of piperidine rings is 1. The topological polar surface area (TPSA) is 58.1 Å². The van der Waals surface area contributed by atoms with Gasteiger partial charge in [-0.25, -0.2) is 9.97 Å². The third kappa shape index (κ3) is 5.45. The number of nitrogens with one attached hydrogen (secondary N) is 1. The number of hydrogen-bond donors (Lipinski definition) is 1. The maximum atomic E-state index is 12.9. The molecule has 2 aliphatic rings. The summed E-state index contributed by atoms with van der Waals surface area (Å²) in [6.45, 7) is 5.89. The molecule has 2 aromatic rings. The van der Waals surface area contributed by atoms with Gasteiger partial charge in [0.2, 0.25) is 0 Å². The average Bonchev–Trinajstić information content (AvgIpc) is 2.79. The Labute approximate surface area is 180 Å². The Morgan fingerprint density at radius 3 is 2.53 bits per heavy atom. The number of hydrogen-bond acceptors (Lipinski definition) is 4. The summed E-state index contributed by atoms with van der Waals surface area (Å²) in [6.07, 6.45) is 10.9. The summed E-state index contributed by atoms with van der Waals surface area (Å²) in [7, 11) is 0. The molecule has 2 heterocycles. The fraction of sp³-hybridized carbons (Fsp3) is 0.560. The molecule has 1 amide bonds. The summed E-state index contributed by atoms with van der Waals surface area (Å²) in [6, 6.07) is 10.0. The number of rotatable bonds is 6. The highest BCUT2D eigenvalue weighted by atomic mass is 16.1. The summed E-state index contributed by atoms with van der Waals surface area (Å²) in [4.78, 5) is 24.6. The van der Waals surface area contributed by atoms with E-state index >= 15 is 0 Å². The first kappa shape index (κ1) is 21.0. The van der Waals surface area contributed by atoms with Crippen molar-refractivity contribution in [1.82, 2.24) is 20.2 Å². The monoisotopic (exact) mass is 406 g/mol. The second kappa shape index (κ2) is 10.2. The van der Waals surface area contributed by atoms with Gasteiger partial charge in [-0.15, -0.1) is 0 Å². The van der Waals surface area contributed by atoms with Gasteiger partial charge in [0.1, 0.15) is 5.82 Å². The highest BCUT2D eigenvalue weighted by Crippen LogP contribution is 2.31. The molecular formula is C25H34N4O. The van der Waals surface area contributed by atoms with E-state index in [2.05, 4.69) is 15.2 Å². The first-order valence-corrected chi connectivity index (χ1v) is 11.6. The minimum atomic E-state index is -0.0708. The van der Waals surface area contributed by atoms with Gasteiger partial charge in [0.25, 0.3) is 5.91 Å². The van der Waals surface area contributed by atoms with Gasteiger partial charge in [0, 0.05) is 25.2 Å². The van der Waals surface area contributed by atoms with Crippen LogP contribution in [0.3, 0.4) is 0 Å². The van der Waals surface area contributed by atoms with Crippen molar-refractivity contribution in [2.45, 2.75) is 64.3 Å². The SMILES string of the molecule is Cc1ncc(C(=O)NCc2ccccc2)c(C2CCN(CC3CCCCC3)CC2)n1. The van der Waals surface area contributed by atoms with Crippen LogP contribution < -0.4 is 5.32 Å². The summed E-state index contributed by atoms with van der Waals surface area (Å²) >= 11 is 0. The zero-order chi connectivity index (χ0) is 20.8. The maximum Gasteiger partial charge on any atom is 0.254 e. The molecule has 160 valence electrons. The second-order valence-corrected chi connectivity index (χ2v) is 8.96. The lowest BCUT2D eigenvalue weighted by Gasteiger charge is -2.35. The van der Waals surface area contributed by atoms with Crippen molar-refractivity contribution < 1.29 is 4.79 Å². The summed E-state index contributed by atoms with van der Waals surface area (Å²) in [5, 5.41) is 3.05.